The van der Waals surface area contributed by atoms with Crippen LogP contribution in [0.3, 0.4) is 0 Å². The van der Waals surface area contributed by atoms with Crippen LogP contribution in [-0.4, -0.2) is 43.8 Å². The van der Waals surface area contributed by atoms with Crippen LogP contribution in [0.15, 0.2) is 41.1 Å². The highest BCUT2D eigenvalue weighted by molar-refractivity contribution is 7.92. The highest BCUT2D eigenvalue weighted by Crippen LogP contribution is 2.18. The molecule has 27 heavy (non-hydrogen) atoms. The van der Waals surface area contributed by atoms with Crippen molar-refractivity contribution in [3.63, 3.8) is 0 Å². The number of sulfonamides is 1. The molecule has 2 aromatic heterocycles. The number of nitrogens with one attached hydrogen (secondary N) is 2. The normalized spacial score (nSPS) is 11.6. The van der Waals surface area contributed by atoms with Crippen LogP contribution in [0.2, 0.25) is 0 Å². The van der Waals surface area contributed by atoms with Crippen LogP contribution in [0.1, 0.15) is 17.7 Å². The monoisotopic (exact) mass is 390 g/mol. The molecule has 0 aliphatic heterocycles. The molecule has 0 radical (unpaired) electrons. The number of aromatic amines is 1. The van der Waals surface area contributed by atoms with Crippen molar-refractivity contribution in [2.45, 2.75) is 19.8 Å². The summed E-state index contributed by atoms with van der Waals surface area (Å²) in [7, 11) is -3.55. The largest absolute Gasteiger partial charge is 0.361 e. The minimum atomic E-state index is -3.55. The predicted molar refractivity (Wildman–Crippen MR) is 103 cm³/mol. The number of para-hydroxylation sites is 1. The van der Waals surface area contributed by atoms with Gasteiger partial charge in [0.05, 0.1) is 6.26 Å². The first-order valence-corrected chi connectivity index (χ1v) is 10.4. The standard InChI is InChI=1S/C18H22N4O4S/c1-13-11-17(21-26-13)22(27(2,24)25)10-8-18(23)19-9-7-14-12-20-16-6-4-3-5-15(14)16/h3-6,11-12,20H,7-10H2,1-2H3,(H,19,23). The highest BCUT2D eigenvalue weighted by atomic mass is 32.2. The number of benzene rings is 1. The predicted octanol–water partition coefficient (Wildman–Crippen LogP) is 1.98. The number of aromatic nitrogens is 2. The van der Waals surface area contributed by atoms with Gasteiger partial charge in [-0.15, -0.1) is 0 Å². The zero-order chi connectivity index (χ0) is 19.4. The summed E-state index contributed by atoms with van der Waals surface area (Å²) in [5.41, 5.74) is 2.19. The van der Waals surface area contributed by atoms with E-state index in [1.54, 1.807) is 6.92 Å². The van der Waals surface area contributed by atoms with Crippen molar-refractivity contribution in [1.29, 1.82) is 0 Å². The highest BCUT2D eigenvalue weighted by Gasteiger charge is 2.21. The van der Waals surface area contributed by atoms with Gasteiger partial charge in [-0.05, 0) is 25.0 Å². The lowest BCUT2D eigenvalue weighted by Gasteiger charge is -2.18. The lowest BCUT2D eigenvalue weighted by molar-refractivity contribution is -0.120. The molecule has 8 nitrogen and oxygen atoms in total. The maximum atomic E-state index is 12.1. The summed E-state index contributed by atoms with van der Waals surface area (Å²) in [5, 5.41) is 7.69. The molecule has 2 heterocycles. The van der Waals surface area contributed by atoms with E-state index in [-0.39, 0.29) is 24.7 Å². The fourth-order valence-corrected chi connectivity index (χ4v) is 3.74. The van der Waals surface area contributed by atoms with Crippen LogP contribution >= 0.6 is 0 Å². The molecule has 0 unspecified atom stereocenters. The third-order valence-corrected chi connectivity index (χ3v) is 5.38. The van der Waals surface area contributed by atoms with Gasteiger partial charge >= 0.3 is 0 Å². The van der Waals surface area contributed by atoms with Gasteiger partial charge in [0, 0.05) is 42.7 Å². The summed E-state index contributed by atoms with van der Waals surface area (Å²) < 4.78 is 29.9. The van der Waals surface area contributed by atoms with Gasteiger partial charge in [-0.1, -0.05) is 23.4 Å². The number of carbonyl (C=O) groups excluding carboxylic acids is 1. The topological polar surface area (TPSA) is 108 Å². The van der Waals surface area contributed by atoms with E-state index in [0.717, 1.165) is 27.0 Å². The van der Waals surface area contributed by atoms with Gasteiger partial charge in [0.2, 0.25) is 15.9 Å². The molecule has 0 spiro atoms. The van der Waals surface area contributed by atoms with Crippen molar-refractivity contribution in [2.75, 3.05) is 23.7 Å². The van der Waals surface area contributed by atoms with Crippen molar-refractivity contribution >= 4 is 32.7 Å². The molecule has 3 aromatic rings. The third-order valence-electron chi connectivity index (χ3n) is 4.20. The molecule has 144 valence electrons. The smallest absolute Gasteiger partial charge is 0.233 e. The maximum Gasteiger partial charge on any atom is 0.233 e. The number of anilines is 1. The van der Waals surface area contributed by atoms with Crippen molar-refractivity contribution in [1.82, 2.24) is 15.5 Å². The van der Waals surface area contributed by atoms with Gasteiger partial charge in [-0.2, -0.15) is 0 Å². The van der Waals surface area contributed by atoms with E-state index in [9.17, 15) is 13.2 Å². The van der Waals surface area contributed by atoms with E-state index in [1.807, 2.05) is 30.5 Å². The summed E-state index contributed by atoms with van der Waals surface area (Å²) in [6.07, 6.45) is 3.74. The Morgan fingerprint density at radius 3 is 2.81 bits per heavy atom. The second-order valence-electron chi connectivity index (χ2n) is 6.34. The summed E-state index contributed by atoms with van der Waals surface area (Å²) >= 11 is 0. The summed E-state index contributed by atoms with van der Waals surface area (Å²) in [5.74, 6) is 0.465. The Kier molecular flexibility index (Phi) is 5.50. The fourth-order valence-electron chi connectivity index (χ4n) is 2.89. The van der Waals surface area contributed by atoms with Crippen LogP contribution in [-0.2, 0) is 21.2 Å². The molecule has 0 bridgehead atoms. The van der Waals surface area contributed by atoms with Gasteiger partial charge in [-0.25, -0.2) is 8.42 Å². The van der Waals surface area contributed by atoms with Crippen molar-refractivity contribution < 1.29 is 17.7 Å². The third kappa shape index (κ3) is 4.68. The zero-order valence-electron chi connectivity index (χ0n) is 15.2. The Morgan fingerprint density at radius 1 is 1.33 bits per heavy atom. The van der Waals surface area contributed by atoms with Crippen molar-refractivity contribution in [2.24, 2.45) is 0 Å². The van der Waals surface area contributed by atoms with E-state index in [1.165, 1.54) is 6.07 Å². The molecule has 3 rings (SSSR count). The maximum absolute atomic E-state index is 12.1. The average molecular weight is 390 g/mol. The van der Waals surface area contributed by atoms with Crippen LogP contribution in [0.4, 0.5) is 5.82 Å². The second kappa shape index (κ2) is 7.83. The first kappa shape index (κ1) is 19.0. The molecule has 0 aliphatic carbocycles. The van der Waals surface area contributed by atoms with E-state index in [0.29, 0.717) is 18.7 Å². The number of aryl methyl sites for hydroxylation is 1. The Hall–Kier alpha value is -2.81. The van der Waals surface area contributed by atoms with E-state index in [4.69, 9.17) is 4.52 Å². The fraction of sp³-hybridized carbons (Fsp3) is 0.333. The Balaban J connectivity index is 1.52. The van der Waals surface area contributed by atoms with Crippen LogP contribution in [0, 0.1) is 6.92 Å². The minimum Gasteiger partial charge on any atom is -0.361 e. The minimum absolute atomic E-state index is 0.00370. The van der Waals surface area contributed by atoms with Crippen LogP contribution in [0.5, 0.6) is 0 Å². The van der Waals surface area contributed by atoms with Crippen molar-refractivity contribution in [3.8, 4) is 0 Å². The number of nitrogens with zero attached hydrogens (tertiary/aromatic N) is 2. The van der Waals surface area contributed by atoms with Gasteiger partial charge < -0.3 is 14.8 Å². The van der Waals surface area contributed by atoms with Gasteiger partial charge in [-0.3, -0.25) is 9.10 Å². The Morgan fingerprint density at radius 2 is 2.11 bits per heavy atom. The van der Waals surface area contributed by atoms with E-state index < -0.39 is 10.0 Å². The zero-order valence-corrected chi connectivity index (χ0v) is 16.0. The van der Waals surface area contributed by atoms with Crippen LogP contribution < -0.4 is 9.62 Å². The first-order chi connectivity index (χ1) is 12.8. The SMILES string of the molecule is Cc1cc(N(CCC(=O)NCCc2c[nH]c3ccccc23)S(C)(=O)=O)no1. The average Bonchev–Trinajstić information content (AvgIpc) is 3.21. The van der Waals surface area contributed by atoms with E-state index >= 15 is 0 Å². The van der Waals surface area contributed by atoms with Gasteiger partial charge in [0.15, 0.2) is 5.82 Å². The molecular formula is C18H22N4O4S. The summed E-state index contributed by atoms with van der Waals surface area (Å²) in [6, 6.07) is 9.50. The molecule has 0 aliphatic rings. The molecule has 1 amide bonds. The second-order valence-corrected chi connectivity index (χ2v) is 8.25. The number of H-pyrrole nitrogens is 1. The van der Waals surface area contributed by atoms with Crippen molar-refractivity contribution in [3.05, 3.63) is 47.9 Å². The molecule has 1 aromatic carbocycles. The molecule has 9 heteroatoms. The molecule has 0 saturated carbocycles. The van der Waals surface area contributed by atoms with Gasteiger partial charge in [0.1, 0.15) is 5.76 Å². The Bertz CT molecular complexity index is 1040. The molecule has 0 fully saturated rings. The molecule has 0 atom stereocenters. The molecule has 0 saturated heterocycles. The van der Waals surface area contributed by atoms with E-state index in [2.05, 4.69) is 15.5 Å². The number of fused-ring (bicyclic) bond motifs is 1. The Labute approximate surface area is 157 Å². The number of hydrogen-bond donors (Lipinski definition) is 2. The van der Waals surface area contributed by atoms with Crippen LogP contribution in [0.25, 0.3) is 10.9 Å². The first-order valence-electron chi connectivity index (χ1n) is 8.57. The summed E-state index contributed by atoms with van der Waals surface area (Å²) in [4.78, 5) is 15.3. The number of carbonyl (C=O) groups is 1. The summed E-state index contributed by atoms with van der Waals surface area (Å²) in [6.45, 7) is 2.15. The quantitative estimate of drug-likeness (QED) is 0.611. The number of hydrogen-bond acceptors (Lipinski definition) is 5. The van der Waals surface area contributed by atoms with Gasteiger partial charge in [0.25, 0.3) is 0 Å². The number of amides is 1. The molecule has 2 N–H and O–H groups in total. The molecular weight excluding hydrogens is 368 g/mol. The lowest BCUT2D eigenvalue weighted by atomic mass is 10.1. The lowest BCUT2D eigenvalue weighted by Crippen LogP contribution is -2.35. The number of rotatable bonds is 8.